The Morgan fingerprint density at radius 2 is 0.983 bits per heavy atom. The van der Waals surface area contributed by atoms with Crippen molar-refractivity contribution in [3.8, 4) is 45.3 Å². The third-order valence-corrected chi connectivity index (χ3v) is 11.6. The molecule has 0 bridgehead atoms. The highest BCUT2D eigenvalue weighted by Gasteiger charge is 2.20. The second-order valence-corrected chi connectivity index (χ2v) is 14.8. The smallest absolute Gasteiger partial charge is 0.235 e. The fraction of sp³-hybridized carbons (Fsp3) is 0. The van der Waals surface area contributed by atoms with Crippen LogP contribution < -0.4 is 0 Å². The molecule has 5 nitrogen and oxygen atoms in total. The Morgan fingerprint density at radius 1 is 0.362 bits per heavy atom. The molecular formula is C53H33N5. The lowest BCUT2D eigenvalue weighted by molar-refractivity contribution is 1.01. The molecule has 0 aliphatic carbocycles. The molecule has 4 aromatic heterocycles. The second kappa shape index (κ2) is 12.8. The highest BCUT2D eigenvalue weighted by Crippen LogP contribution is 2.41. The molecule has 0 aliphatic heterocycles. The van der Waals surface area contributed by atoms with E-state index in [0.29, 0.717) is 5.95 Å². The molecular weight excluding hydrogens is 707 g/mol. The van der Waals surface area contributed by atoms with Crippen molar-refractivity contribution in [3.05, 3.63) is 200 Å². The number of aromatic nitrogens is 5. The van der Waals surface area contributed by atoms with E-state index < -0.39 is 0 Å². The molecule has 0 atom stereocenters. The predicted molar refractivity (Wildman–Crippen MR) is 240 cm³/mol. The van der Waals surface area contributed by atoms with E-state index in [1.165, 1.54) is 43.5 Å². The molecule has 4 heterocycles. The van der Waals surface area contributed by atoms with Crippen molar-refractivity contribution in [2.75, 3.05) is 0 Å². The average molecular weight is 740 g/mol. The number of hydrogen-bond donors (Lipinski definition) is 0. The summed E-state index contributed by atoms with van der Waals surface area (Å²) in [5.41, 5.74) is 12.8. The van der Waals surface area contributed by atoms with Gasteiger partial charge in [0.2, 0.25) is 5.95 Å². The van der Waals surface area contributed by atoms with Crippen molar-refractivity contribution >= 4 is 65.3 Å². The standard InChI is InChI=1S/C53H33N5/c1-2-13-39(14-3-1)57-47-20-9-7-16-41(47)43-32-37(26-28-48(43)57)38-27-29-49-44(33-38)51-40-15-5-4-12-34(40)25-30-50(51)58(49)53-55-46-19-8-6-17-42(46)52(56-53)36-23-21-35(22-24-36)45-18-10-11-31-54-45/h1-33H. The number of nitrogens with zero attached hydrogens (tertiary/aromatic N) is 5. The quantitative estimate of drug-likeness (QED) is 0.177. The Balaban J connectivity index is 1.07. The second-order valence-electron chi connectivity index (χ2n) is 14.8. The van der Waals surface area contributed by atoms with Gasteiger partial charge in [0.1, 0.15) is 0 Å². The summed E-state index contributed by atoms with van der Waals surface area (Å²) in [6.07, 6.45) is 1.83. The van der Waals surface area contributed by atoms with Crippen molar-refractivity contribution in [3.63, 3.8) is 0 Å². The van der Waals surface area contributed by atoms with E-state index >= 15 is 0 Å². The first kappa shape index (κ1) is 32.4. The molecule has 270 valence electrons. The summed E-state index contributed by atoms with van der Waals surface area (Å²) in [4.78, 5) is 15.2. The Kier molecular flexibility index (Phi) is 7.16. The van der Waals surface area contributed by atoms with Crippen LogP contribution in [0.3, 0.4) is 0 Å². The van der Waals surface area contributed by atoms with E-state index in [2.05, 4.69) is 184 Å². The Bertz CT molecular complexity index is 3550. The normalized spacial score (nSPS) is 11.8. The van der Waals surface area contributed by atoms with E-state index in [4.69, 9.17) is 9.97 Å². The number of para-hydroxylation sites is 3. The van der Waals surface area contributed by atoms with Gasteiger partial charge in [-0.15, -0.1) is 0 Å². The minimum Gasteiger partial charge on any atom is -0.309 e. The van der Waals surface area contributed by atoms with Crippen LogP contribution in [0.2, 0.25) is 0 Å². The molecule has 5 heteroatoms. The third kappa shape index (κ3) is 5.00. The van der Waals surface area contributed by atoms with Gasteiger partial charge in [-0.05, 0) is 88.6 Å². The molecule has 0 saturated carbocycles. The minimum absolute atomic E-state index is 0.640. The van der Waals surface area contributed by atoms with Crippen LogP contribution in [0.5, 0.6) is 0 Å². The summed E-state index contributed by atoms with van der Waals surface area (Å²) >= 11 is 0. The highest BCUT2D eigenvalue weighted by atomic mass is 15.2. The number of hydrogen-bond acceptors (Lipinski definition) is 3. The van der Waals surface area contributed by atoms with E-state index in [1.54, 1.807) is 0 Å². The lowest BCUT2D eigenvalue weighted by Gasteiger charge is -2.12. The molecule has 0 saturated heterocycles. The first-order chi connectivity index (χ1) is 28.8. The topological polar surface area (TPSA) is 48.5 Å². The van der Waals surface area contributed by atoms with Gasteiger partial charge < -0.3 is 4.57 Å². The van der Waals surface area contributed by atoms with Crippen LogP contribution >= 0.6 is 0 Å². The van der Waals surface area contributed by atoms with Crippen LogP contribution in [-0.2, 0) is 0 Å². The van der Waals surface area contributed by atoms with Gasteiger partial charge >= 0.3 is 0 Å². The van der Waals surface area contributed by atoms with Crippen LogP contribution in [0.25, 0.3) is 111 Å². The van der Waals surface area contributed by atoms with Gasteiger partial charge in [0, 0.05) is 49.9 Å². The van der Waals surface area contributed by atoms with Gasteiger partial charge in [0.25, 0.3) is 0 Å². The van der Waals surface area contributed by atoms with Crippen molar-refractivity contribution < 1.29 is 0 Å². The van der Waals surface area contributed by atoms with Crippen molar-refractivity contribution in [1.82, 2.24) is 24.1 Å². The van der Waals surface area contributed by atoms with E-state index in [1.807, 2.05) is 30.5 Å². The lowest BCUT2D eigenvalue weighted by atomic mass is 9.99. The average Bonchev–Trinajstić information content (AvgIpc) is 3.82. The maximum atomic E-state index is 5.40. The molecule has 0 amide bonds. The summed E-state index contributed by atoms with van der Waals surface area (Å²) in [6, 6.07) is 69.0. The van der Waals surface area contributed by atoms with Gasteiger partial charge in [-0.3, -0.25) is 9.55 Å². The minimum atomic E-state index is 0.640. The summed E-state index contributed by atoms with van der Waals surface area (Å²) in [5.74, 6) is 0.640. The number of pyridine rings is 1. The molecule has 0 N–H and O–H groups in total. The molecule has 0 spiro atoms. The SMILES string of the molecule is c1ccc(-n2c3ccccc3c3cc(-c4ccc5c(c4)c4c6ccccc6ccc4n5-c4nc(-c5ccc(-c6ccccn6)cc5)c5ccccc5n4)ccc32)cc1. The molecule has 8 aromatic carbocycles. The largest absolute Gasteiger partial charge is 0.309 e. The van der Waals surface area contributed by atoms with Crippen molar-refractivity contribution in [1.29, 1.82) is 0 Å². The van der Waals surface area contributed by atoms with Gasteiger partial charge in [-0.25, -0.2) is 9.97 Å². The fourth-order valence-corrected chi connectivity index (χ4v) is 8.91. The van der Waals surface area contributed by atoms with Crippen molar-refractivity contribution in [2.24, 2.45) is 0 Å². The van der Waals surface area contributed by atoms with Crippen LogP contribution in [0.1, 0.15) is 0 Å². The molecule has 0 fully saturated rings. The number of fused-ring (bicyclic) bond motifs is 9. The van der Waals surface area contributed by atoms with E-state index in [-0.39, 0.29) is 0 Å². The lowest BCUT2D eigenvalue weighted by Crippen LogP contribution is -2.03. The van der Waals surface area contributed by atoms with Gasteiger partial charge in [-0.1, -0.05) is 127 Å². The third-order valence-electron chi connectivity index (χ3n) is 11.6. The Hall–Kier alpha value is -7.89. The molecule has 12 rings (SSSR count). The first-order valence-corrected chi connectivity index (χ1v) is 19.6. The summed E-state index contributed by atoms with van der Waals surface area (Å²) in [7, 11) is 0. The van der Waals surface area contributed by atoms with Crippen LogP contribution in [-0.4, -0.2) is 24.1 Å². The zero-order chi connectivity index (χ0) is 38.2. The van der Waals surface area contributed by atoms with Gasteiger partial charge in [0.15, 0.2) is 0 Å². The predicted octanol–water partition coefficient (Wildman–Crippen LogP) is 13.4. The maximum absolute atomic E-state index is 5.40. The molecule has 0 radical (unpaired) electrons. The first-order valence-electron chi connectivity index (χ1n) is 19.6. The van der Waals surface area contributed by atoms with Gasteiger partial charge in [-0.2, -0.15) is 0 Å². The summed E-state index contributed by atoms with van der Waals surface area (Å²) in [5, 5.41) is 8.23. The number of rotatable bonds is 5. The molecule has 58 heavy (non-hydrogen) atoms. The van der Waals surface area contributed by atoms with E-state index in [9.17, 15) is 0 Å². The highest BCUT2D eigenvalue weighted by molar-refractivity contribution is 6.22. The number of benzene rings is 8. The zero-order valence-electron chi connectivity index (χ0n) is 31.3. The van der Waals surface area contributed by atoms with Crippen LogP contribution in [0.4, 0.5) is 0 Å². The Morgan fingerprint density at radius 3 is 1.79 bits per heavy atom. The molecule has 0 unspecified atom stereocenters. The van der Waals surface area contributed by atoms with Crippen LogP contribution in [0.15, 0.2) is 200 Å². The summed E-state index contributed by atoms with van der Waals surface area (Å²) in [6.45, 7) is 0. The van der Waals surface area contributed by atoms with Crippen molar-refractivity contribution in [2.45, 2.75) is 0 Å². The molecule has 0 aliphatic rings. The molecule has 12 aromatic rings. The maximum Gasteiger partial charge on any atom is 0.235 e. The van der Waals surface area contributed by atoms with Crippen LogP contribution in [0, 0.1) is 0 Å². The van der Waals surface area contributed by atoms with E-state index in [0.717, 1.165) is 61.1 Å². The van der Waals surface area contributed by atoms with Gasteiger partial charge in [0.05, 0.1) is 39.0 Å². The zero-order valence-corrected chi connectivity index (χ0v) is 31.3. The Labute approximate surface area is 333 Å². The summed E-state index contributed by atoms with van der Waals surface area (Å²) < 4.78 is 4.61. The fourth-order valence-electron chi connectivity index (χ4n) is 8.91. The monoisotopic (exact) mass is 739 g/mol.